The monoisotopic (exact) mass is 361 g/mol. The molecule has 0 heterocycles. The molecule has 0 bridgehead atoms. The molecule has 8 heteroatoms. The minimum absolute atomic E-state index is 0.0607. The molecule has 1 N–H and O–H groups in total. The average Bonchev–Trinajstić information content (AvgIpc) is 2.50. The summed E-state index contributed by atoms with van der Waals surface area (Å²) in [6, 6.07) is 8.01. The standard InChI is InChI=1S/C16H12ClF4NO2/c1-9(24-14-5-3-2-4-12(14)18)15(23)22-13-8-10(16(19,20)21)6-7-11(13)17/h2-9H,1H3,(H,22,23)/t9-/m1/s1. The van der Waals surface area contributed by atoms with E-state index in [4.69, 9.17) is 16.3 Å². The Kier molecular flexibility index (Phi) is 5.33. The molecule has 0 aliphatic carbocycles. The van der Waals surface area contributed by atoms with Crippen LogP contribution >= 0.6 is 11.6 Å². The summed E-state index contributed by atoms with van der Waals surface area (Å²) < 4.78 is 56.8. The molecule has 0 spiro atoms. The Bertz CT molecular complexity index is 749. The van der Waals surface area contributed by atoms with Gasteiger partial charge in [-0.1, -0.05) is 23.7 Å². The van der Waals surface area contributed by atoms with Crippen molar-refractivity contribution in [1.29, 1.82) is 0 Å². The number of rotatable bonds is 4. The van der Waals surface area contributed by atoms with Crippen molar-refractivity contribution in [3.05, 3.63) is 58.9 Å². The van der Waals surface area contributed by atoms with E-state index in [9.17, 15) is 22.4 Å². The number of benzene rings is 2. The highest BCUT2D eigenvalue weighted by atomic mass is 35.5. The Morgan fingerprint density at radius 1 is 1.21 bits per heavy atom. The summed E-state index contributed by atoms with van der Waals surface area (Å²) >= 11 is 5.80. The van der Waals surface area contributed by atoms with Crippen LogP contribution in [0.15, 0.2) is 42.5 Å². The zero-order valence-electron chi connectivity index (χ0n) is 12.3. The summed E-state index contributed by atoms with van der Waals surface area (Å²) in [6.07, 6.45) is -5.72. The fourth-order valence-corrected chi connectivity index (χ4v) is 1.98. The predicted octanol–water partition coefficient (Wildman–Crippen LogP) is 4.90. The maximum atomic E-state index is 13.5. The van der Waals surface area contributed by atoms with Gasteiger partial charge in [0.05, 0.1) is 16.3 Å². The van der Waals surface area contributed by atoms with Gasteiger partial charge in [-0.3, -0.25) is 4.79 Å². The minimum Gasteiger partial charge on any atom is -0.478 e. The predicted molar refractivity (Wildman–Crippen MR) is 81.6 cm³/mol. The zero-order valence-corrected chi connectivity index (χ0v) is 13.1. The maximum Gasteiger partial charge on any atom is 0.416 e. The topological polar surface area (TPSA) is 38.3 Å². The van der Waals surface area contributed by atoms with Crippen LogP contribution in [0.5, 0.6) is 5.75 Å². The summed E-state index contributed by atoms with van der Waals surface area (Å²) in [5, 5.41) is 2.18. The first-order chi connectivity index (χ1) is 11.2. The molecule has 0 unspecified atom stereocenters. The highest BCUT2D eigenvalue weighted by molar-refractivity contribution is 6.33. The SMILES string of the molecule is C[C@@H](Oc1ccccc1F)C(=O)Nc1cc(C(F)(F)F)ccc1Cl. The number of carbonyl (C=O) groups is 1. The van der Waals surface area contributed by atoms with E-state index in [1.807, 2.05) is 0 Å². The third-order valence-corrected chi connectivity index (χ3v) is 3.39. The largest absolute Gasteiger partial charge is 0.478 e. The molecule has 24 heavy (non-hydrogen) atoms. The van der Waals surface area contributed by atoms with Gasteiger partial charge in [0.15, 0.2) is 17.7 Å². The number of hydrogen-bond donors (Lipinski definition) is 1. The number of para-hydroxylation sites is 1. The first-order valence-electron chi connectivity index (χ1n) is 6.77. The summed E-state index contributed by atoms with van der Waals surface area (Å²) in [7, 11) is 0. The molecule has 0 saturated heterocycles. The van der Waals surface area contributed by atoms with Crippen LogP contribution in [0, 0.1) is 5.82 Å². The summed E-state index contributed by atoms with van der Waals surface area (Å²) in [4.78, 5) is 12.0. The van der Waals surface area contributed by atoms with E-state index in [0.717, 1.165) is 24.3 Å². The van der Waals surface area contributed by atoms with Crippen LogP contribution in [-0.4, -0.2) is 12.0 Å². The van der Waals surface area contributed by atoms with Crippen molar-refractivity contribution in [3.8, 4) is 5.75 Å². The van der Waals surface area contributed by atoms with Crippen molar-refractivity contribution in [2.24, 2.45) is 0 Å². The van der Waals surface area contributed by atoms with E-state index >= 15 is 0 Å². The van der Waals surface area contributed by atoms with Crippen LogP contribution in [0.25, 0.3) is 0 Å². The molecule has 0 aliphatic rings. The molecule has 0 saturated carbocycles. The van der Waals surface area contributed by atoms with Crippen LogP contribution in [0.1, 0.15) is 12.5 Å². The van der Waals surface area contributed by atoms with E-state index in [-0.39, 0.29) is 16.5 Å². The van der Waals surface area contributed by atoms with Crippen molar-refractivity contribution in [2.45, 2.75) is 19.2 Å². The number of alkyl halides is 3. The van der Waals surface area contributed by atoms with Gasteiger partial charge in [0, 0.05) is 0 Å². The van der Waals surface area contributed by atoms with Crippen molar-refractivity contribution in [3.63, 3.8) is 0 Å². The normalized spacial score (nSPS) is 12.6. The molecule has 3 nitrogen and oxygen atoms in total. The smallest absolute Gasteiger partial charge is 0.416 e. The number of halogens is 5. The Morgan fingerprint density at radius 2 is 1.88 bits per heavy atom. The van der Waals surface area contributed by atoms with Gasteiger partial charge < -0.3 is 10.1 Å². The minimum atomic E-state index is -4.57. The van der Waals surface area contributed by atoms with Crippen LogP contribution in [0.2, 0.25) is 5.02 Å². The first-order valence-corrected chi connectivity index (χ1v) is 7.15. The van der Waals surface area contributed by atoms with Gasteiger partial charge in [-0.2, -0.15) is 13.2 Å². The van der Waals surface area contributed by atoms with Crippen molar-refractivity contribution in [1.82, 2.24) is 0 Å². The third kappa shape index (κ3) is 4.38. The number of hydrogen-bond acceptors (Lipinski definition) is 2. The summed E-state index contributed by atoms with van der Waals surface area (Å²) in [5.74, 6) is -1.57. The molecular weight excluding hydrogens is 350 g/mol. The Labute approximate surface area is 140 Å². The number of anilines is 1. The molecule has 1 atom stereocenters. The van der Waals surface area contributed by atoms with Crippen molar-refractivity contribution in [2.75, 3.05) is 5.32 Å². The lowest BCUT2D eigenvalue weighted by Crippen LogP contribution is -2.30. The number of amides is 1. The van der Waals surface area contributed by atoms with Crippen LogP contribution in [0.4, 0.5) is 23.2 Å². The fourth-order valence-electron chi connectivity index (χ4n) is 1.82. The Balaban J connectivity index is 2.13. The number of ether oxygens (including phenoxy) is 1. The van der Waals surface area contributed by atoms with E-state index in [1.165, 1.54) is 25.1 Å². The lowest BCUT2D eigenvalue weighted by Gasteiger charge is -2.16. The van der Waals surface area contributed by atoms with E-state index in [2.05, 4.69) is 5.32 Å². The van der Waals surface area contributed by atoms with Gasteiger partial charge in [-0.05, 0) is 37.3 Å². The second kappa shape index (κ2) is 7.09. The van der Waals surface area contributed by atoms with Crippen LogP contribution < -0.4 is 10.1 Å². The molecule has 0 aromatic heterocycles. The van der Waals surface area contributed by atoms with E-state index in [0.29, 0.717) is 0 Å². The average molecular weight is 362 g/mol. The lowest BCUT2D eigenvalue weighted by atomic mass is 10.2. The molecule has 0 radical (unpaired) electrons. The van der Waals surface area contributed by atoms with E-state index in [1.54, 1.807) is 0 Å². The number of nitrogens with one attached hydrogen (secondary N) is 1. The summed E-state index contributed by atoms with van der Waals surface area (Å²) in [5.41, 5.74) is -1.16. The Morgan fingerprint density at radius 3 is 2.50 bits per heavy atom. The van der Waals surface area contributed by atoms with Gasteiger partial charge in [0.25, 0.3) is 5.91 Å². The Hall–Kier alpha value is -2.28. The maximum absolute atomic E-state index is 13.5. The van der Waals surface area contributed by atoms with Crippen molar-refractivity contribution >= 4 is 23.2 Å². The molecule has 2 aromatic carbocycles. The molecule has 128 valence electrons. The van der Waals surface area contributed by atoms with Gasteiger partial charge in [-0.15, -0.1) is 0 Å². The van der Waals surface area contributed by atoms with Gasteiger partial charge in [-0.25, -0.2) is 4.39 Å². The zero-order chi connectivity index (χ0) is 17.9. The molecule has 2 rings (SSSR count). The van der Waals surface area contributed by atoms with Crippen LogP contribution in [0.3, 0.4) is 0 Å². The lowest BCUT2D eigenvalue weighted by molar-refractivity contribution is -0.137. The van der Waals surface area contributed by atoms with Gasteiger partial charge >= 0.3 is 6.18 Å². The second-order valence-electron chi connectivity index (χ2n) is 4.87. The second-order valence-corrected chi connectivity index (χ2v) is 5.28. The van der Waals surface area contributed by atoms with Crippen molar-refractivity contribution < 1.29 is 27.1 Å². The molecule has 0 aliphatic heterocycles. The van der Waals surface area contributed by atoms with E-state index < -0.39 is 29.6 Å². The quantitative estimate of drug-likeness (QED) is 0.786. The molecular formula is C16H12ClF4NO2. The fraction of sp³-hybridized carbons (Fsp3) is 0.188. The molecule has 2 aromatic rings. The van der Waals surface area contributed by atoms with Gasteiger partial charge in [0.2, 0.25) is 0 Å². The third-order valence-electron chi connectivity index (χ3n) is 3.06. The summed E-state index contributed by atoms with van der Waals surface area (Å²) in [6.45, 7) is 1.34. The highest BCUT2D eigenvalue weighted by Gasteiger charge is 2.31. The van der Waals surface area contributed by atoms with Gasteiger partial charge in [0.1, 0.15) is 0 Å². The first kappa shape index (κ1) is 18.1. The molecule has 0 fully saturated rings. The highest BCUT2D eigenvalue weighted by Crippen LogP contribution is 2.33. The number of carbonyl (C=O) groups excluding carboxylic acids is 1. The van der Waals surface area contributed by atoms with Crippen LogP contribution in [-0.2, 0) is 11.0 Å². The molecule has 1 amide bonds.